The van der Waals surface area contributed by atoms with Gasteiger partial charge in [-0.2, -0.15) is 0 Å². The van der Waals surface area contributed by atoms with Crippen LogP contribution in [-0.4, -0.2) is 60.8 Å². The molecule has 0 radical (unpaired) electrons. The molecule has 1 saturated heterocycles. The highest BCUT2D eigenvalue weighted by Gasteiger charge is 2.35. The minimum atomic E-state index is 0.208. The van der Waals surface area contributed by atoms with Crippen molar-refractivity contribution in [1.82, 2.24) is 9.80 Å². The molecule has 2 fully saturated rings. The van der Waals surface area contributed by atoms with Crippen molar-refractivity contribution >= 4 is 0 Å². The SMILES string of the molecule is CCCN1CCN(CC2(CO)CCC(C)CC2)CC1. The fraction of sp³-hybridized carbons (Fsp3) is 1.00. The van der Waals surface area contributed by atoms with E-state index >= 15 is 0 Å². The molecule has 0 unspecified atom stereocenters. The highest BCUT2D eigenvalue weighted by molar-refractivity contribution is 4.88. The molecular formula is C16H32N2O. The van der Waals surface area contributed by atoms with E-state index in [1.54, 1.807) is 0 Å². The third-order valence-corrected chi connectivity index (χ3v) is 5.23. The molecule has 2 rings (SSSR count). The van der Waals surface area contributed by atoms with Crippen LogP contribution in [0.25, 0.3) is 0 Å². The predicted octanol–water partition coefficient (Wildman–Crippen LogP) is 2.20. The Morgan fingerprint density at radius 1 is 1.05 bits per heavy atom. The summed E-state index contributed by atoms with van der Waals surface area (Å²) in [4.78, 5) is 5.17. The van der Waals surface area contributed by atoms with Gasteiger partial charge in [0.15, 0.2) is 0 Å². The lowest BCUT2D eigenvalue weighted by molar-refractivity contribution is 0.0131. The number of hydrogen-bond donors (Lipinski definition) is 1. The van der Waals surface area contributed by atoms with Crippen molar-refractivity contribution in [2.24, 2.45) is 11.3 Å². The van der Waals surface area contributed by atoms with Gasteiger partial charge in [0.05, 0.1) is 0 Å². The molecule has 1 aliphatic carbocycles. The molecule has 0 amide bonds. The first-order valence-corrected chi connectivity index (χ1v) is 8.23. The summed E-state index contributed by atoms with van der Waals surface area (Å²) in [5.74, 6) is 0.862. The van der Waals surface area contributed by atoms with Crippen LogP contribution in [-0.2, 0) is 0 Å². The van der Waals surface area contributed by atoms with Gasteiger partial charge in [0.25, 0.3) is 0 Å². The summed E-state index contributed by atoms with van der Waals surface area (Å²) in [7, 11) is 0. The fourth-order valence-corrected chi connectivity index (χ4v) is 3.70. The highest BCUT2D eigenvalue weighted by Crippen LogP contribution is 2.39. The van der Waals surface area contributed by atoms with Crippen LogP contribution in [0.3, 0.4) is 0 Å². The van der Waals surface area contributed by atoms with Crippen molar-refractivity contribution in [1.29, 1.82) is 0 Å². The molecule has 1 aliphatic heterocycles. The molecule has 0 aromatic rings. The Morgan fingerprint density at radius 3 is 2.16 bits per heavy atom. The molecule has 19 heavy (non-hydrogen) atoms. The normalized spacial score (nSPS) is 34.6. The molecule has 3 nitrogen and oxygen atoms in total. The molecule has 0 aromatic heterocycles. The fourth-order valence-electron chi connectivity index (χ4n) is 3.70. The lowest BCUT2D eigenvalue weighted by atomic mass is 9.71. The van der Waals surface area contributed by atoms with Gasteiger partial charge in [-0.1, -0.05) is 26.7 Å². The molecule has 0 spiro atoms. The summed E-state index contributed by atoms with van der Waals surface area (Å²) in [5.41, 5.74) is 0.208. The van der Waals surface area contributed by atoms with Crippen LogP contribution in [0, 0.1) is 11.3 Å². The maximum absolute atomic E-state index is 9.86. The Bertz CT molecular complexity index is 253. The Hall–Kier alpha value is -0.120. The number of hydrogen-bond acceptors (Lipinski definition) is 3. The lowest BCUT2D eigenvalue weighted by Crippen LogP contribution is -2.51. The van der Waals surface area contributed by atoms with E-state index in [1.807, 2.05) is 0 Å². The van der Waals surface area contributed by atoms with Crippen molar-refractivity contribution in [3.8, 4) is 0 Å². The molecule has 2 aliphatic rings. The summed E-state index contributed by atoms with van der Waals surface area (Å²) >= 11 is 0. The van der Waals surface area contributed by atoms with E-state index in [9.17, 15) is 5.11 Å². The topological polar surface area (TPSA) is 26.7 Å². The minimum absolute atomic E-state index is 0.208. The second-order valence-corrected chi connectivity index (χ2v) is 6.96. The third kappa shape index (κ3) is 4.17. The highest BCUT2D eigenvalue weighted by atomic mass is 16.3. The van der Waals surface area contributed by atoms with Gasteiger partial charge in [-0.3, -0.25) is 0 Å². The van der Waals surface area contributed by atoms with E-state index in [2.05, 4.69) is 23.6 Å². The summed E-state index contributed by atoms with van der Waals surface area (Å²) in [6.45, 7) is 12.2. The summed E-state index contributed by atoms with van der Waals surface area (Å²) < 4.78 is 0. The van der Waals surface area contributed by atoms with Gasteiger partial charge >= 0.3 is 0 Å². The molecule has 3 heteroatoms. The van der Waals surface area contributed by atoms with E-state index in [0.29, 0.717) is 6.61 Å². The van der Waals surface area contributed by atoms with Gasteiger partial charge in [0, 0.05) is 44.7 Å². The number of piperazine rings is 1. The first kappa shape index (κ1) is 15.3. The van der Waals surface area contributed by atoms with Crippen LogP contribution in [0.5, 0.6) is 0 Å². The van der Waals surface area contributed by atoms with Gasteiger partial charge in [-0.25, -0.2) is 0 Å². The second-order valence-electron chi connectivity index (χ2n) is 6.96. The van der Waals surface area contributed by atoms with Gasteiger partial charge in [0.1, 0.15) is 0 Å². The van der Waals surface area contributed by atoms with Crippen molar-refractivity contribution in [3.05, 3.63) is 0 Å². The maximum Gasteiger partial charge on any atom is 0.0499 e. The molecule has 1 saturated carbocycles. The van der Waals surface area contributed by atoms with E-state index in [4.69, 9.17) is 0 Å². The van der Waals surface area contributed by atoms with Crippen molar-refractivity contribution in [2.75, 3.05) is 45.9 Å². The number of nitrogens with zero attached hydrogens (tertiary/aromatic N) is 2. The van der Waals surface area contributed by atoms with Crippen LogP contribution >= 0.6 is 0 Å². The summed E-state index contributed by atoms with van der Waals surface area (Å²) in [6, 6.07) is 0. The molecule has 112 valence electrons. The van der Waals surface area contributed by atoms with E-state index < -0.39 is 0 Å². The second kappa shape index (κ2) is 7.05. The largest absolute Gasteiger partial charge is 0.396 e. The molecule has 1 N–H and O–H groups in total. The minimum Gasteiger partial charge on any atom is -0.396 e. The average Bonchev–Trinajstić information content (AvgIpc) is 2.44. The molecule has 0 aromatic carbocycles. The Labute approximate surface area is 119 Å². The predicted molar refractivity (Wildman–Crippen MR) is 80.3 cm³/mol. The average molecular weight is 268 g/mol. The van der Waals surface area contributed by atoms with E-state index in [-0.39, 0.29) is 5.41 Å². The Balaban J connectivity index is 1.80. The van der Waals surface area contributed by atoms with Crippen LogP contribution in [0.2, 0.25) is 0 Å². The summed E-state index contributed by atoms with van der Waals surface area (Å²) in [6.07, 6.45) is 6.31. The molecule has 0 bridgehead atoms. The van der Waals surface area contributed by atoms with E-state index in [1.165, 1.54) is 64.8 Å². The van der Waals surface area contributed by atoms with Crippen molar-refractivity contribution in [3.63, 3.8) is 0 Å². The van der Waals surface area contributed by atoms with Crippen molar-refractivity contribution < 1.29 is 5.11 Å². The quantitative estimate of drug-likeness (QED) is 0.828. The molecule has 0 atom stereocenters. The van der Waals surface area contributed by atoms with Crippen molar-refractivity contribution in [2.45, 2.75) is 46.0 Å². The summed E-state index contributed by atoms with van der Waals surface area (Å²) in [5, 5.41) is 9.86. The van der Waals surface area contributed by atoms with E-state index in [0.717, 1.165) is 12.5 Å². The number of aliphatic hydroxyl groups is 1. The zero-order chi connectivity index (χ0) is 13.7. The van der Waals surface area contributed by atoms with Crippen LogP contribution in [0.15, 0.2) is 0 Å². The van der Waals surface area contributed by atoms with Crippen LogP contribution < -0.4 is 0 Å². The monoisotopic (exact) mass is 268 g/mol. The first-order valence-electron chi connectivity index (χ1n) is 8.23. The van der Waals surface area contributed by atoms with Crippen LogP contribution in [0.1, 0.15) is 46.0 Å². The smallest absolute Gasteiger partial charge is 0.0499 e. The maximum atomic E-state index is 9.86. The Kier molecular flexibility index (Phi) is 5.67. The first-order chi connectivity index (χ1) is 9.17. The Morgan fingerprint density at radius 2 is 1.63 bits per heavy atom. The number of aliphatic hydroxyl groups excluding tert-OH is 1. The lowest BCUT2D eigenvalue weighted by Gasteiger charge is -2.44. The zero-order valence-corrected chi connectivity index (χ0v) is 12.9. The molecular weight excluding hydrogens is 236 g/mol. The van der Waals surface area contributed by atoms with Gasteiger partial charge in [-0.05, 0) is 31.7 Å². The van der Waals surface area contributed by atoms with Gasteiger partial charge < -0.3 is 14.9 Å². The van der Waals surface area contributed by atoms with Crippen LogP contribution in [0.4, 0.5) is 0 Å². The number of rotatable bonds is 5. The molecule has 1 heterocycles. The standard InChI is InChI=1S/C16H32N2O/c1-3-8-17-9-11-18(12-10-17)13-16(14-19)6-4-15(2)5-7-16/h15,19H,3-14H2,1-2H3. The van der Waals surface area contributed by atoms with Gasteiger partial charge in [0.2, 0.25) is 0 Å². The third-order valence-electron chi connectivity index (χ3n) is 5.23. The van der Waals surface area contributed by atoms with Gasteiger partial charge in [-0.15, -0.1) is 0 Å². The zero-order valence-electron chi connectivity index (χ0n) is 12.9.